The minimum atomic E-state index is -0.833. The predicted molar refractivity (Wildman–Crippen MR) is 41.7 cm³/mol. The van der Waals surface area contributed by atoms with Gasteiger partial charge in [-0.25, -0.2) is 4.98 Å². The van der Waals surface area contributed by atoms with Crippen LogP contribution in [0.2, 0.25) is 0 Å². The van der Waals surface area contributed by atoms with Crippen LogP contribution in [0, 0.1) is 0 Å². The number of hydrogen-bond donors (Lipinski definition) is 1. The van der Waals surface area contributed by atoms with Gasteiger partial charge in [-0.15, -0.1) is 0 Å². The molecule has 0 aliphatic carbocycles. The molecule has 0 unspecified atom stereocenters. The third-order valence-electron chi connectivity index (χ3n) is 1.97. The van der Waals surface area contributed by atoms with Crippen molar-refractivity contribution in [2.75, 3.05) is 13.2 Å². The normalized spacial score (nSPS) is 20.8. The molecule has 0 bridgehead atoms. The maximum Gasteiger partial charge on any atom is 0.227 e. The number of aromatic nitrogens is 1. The number of oxazole rings is 1. The second-order valence-corrected chi connectivity index (χ2v) is 2.92. The Hall–Kier alpha value is -0.910. The van der Waals surface area contributed by atoms with Crippen molar-refractivity contribution in [3.05, 3.63) is 17.8 Å². The molecule has 0 saturated carbocycles. The number of hydrogen-bond acceptors (Lipinski definition) is 5. The Morgan fingerprint density at radius 3 is 2.77 bits per heavy atom. The summed E-state index contributed by atoms with van der Waals surface area (Å²) in [5, 5.41) is 8.74. The zero-order valence-electron chi connectivity index (χ0n) is 7.32. The number of aliphatic hydroxyl groups excluding tert-OH is 1. The molecule has 0 radical (unpaired) electrons. The zero-order chi connectivity index (χ0) is 9.31. The molecule has 1 aliphatic heterocycles. The molecule has 2 heterocycles. The molecule has 1 N–H and O–H groups in total. The third-order valence-corrected chi connectivity index (χ3v) is 1.97. The number of ether oxygens (including phenoxy) is 2. The summed E-state index contributed by atoms with van der Waals surface area (Å²) >= 11 is 0. The van der Waals surface area contributed by atoms with E-state index in [1.807, 2.05) is 0 Å². The van der Waals surface area contributed by atoms with E-state index in [1.165, 1.54) is 6.20 Å². The highest BCUT2D eigenvalue weighted by Crippen LogP contribution is 2.30. The molecule has 1 saturated heterocycles. The maximum atomic E-state index is 8.74. The molecule has 1 aromatic heterocycles. The molecular weight excluding hydrogens is 174 g/mol. The molecule has 2 rings (SSSR count). The quantitative estimate of drug-likeness (QED) is 0.721. The van der Waals surface area contributed by atoms with E-state index in [9.17, 15) is 0 Å². The van der Waals surface area contributed by atoms with Crippen LogP contribution >= 0.6 is 0 Å². The van der Waals surface area contributed by atoms with Crippen molar-refractivity contribution < 1.29 is 19.0 Å². The first-order valence-corrected chi connectivity index (χ1v) is 4.08. The van der Waals surface area contributed by atoms with Gasteiger partial charge < -0.3 is 19.0 Å². The minimum Gasteiger partial charge on any atom is -0.437 e. The van der Waals surface area contributed by atoms with Gasteiger partial charge in [0.15, 0.2) is 5.76 Å². The standard InChI is InChI=1S/C8H11NO4/c1-8(11-2-3-12-8)6-4-9-7(5-10)13-6/h4,10H,2-3,5H2,1H3. The van der Waals surface area contributed by atoms with Crippen LogP contribution in [-0.2, 0) is 21.9 Å². The fourth-order valence-corrected chi connectivity index (χ4v) is 1.25. The third kappa shape index (κ3) is 1.46. The molecule has 72 valence electrons. The average Bonchev–Trinajstić information content (AvgIpc) is 2.72. The van der Waals surface area contributed by atoms with E-state index in [-0.39, 0.29) is 12.5 Å². The van der Waals surface area contributed by atoms with Gasteiger partial charge in [0.05, 0.1) is 19.4 Å². The van der Waals surface area contributed by atoms with Crippen molar-refractivity contribution >= 4 is 0 Å². The molecule has 0 aromatic carbocycles. The van der Waals surface area contributed by atoms with Gasteiger partial charge >= 0.3 is 0 Å². The van der Waals surface area contributed by atoms with Gasteiger partial charge in [0, 0.05) is 0 Å². The smallest absolute Gasteiger partial charge is 0.227 e. The Labute approximate surface area is 75.3 Å². The summed E-state index contributed by atoms with van der Waals surface area (Å²) in [4.78, 5) is 3.85. The molecule has 1 fully saturated rings. The van der Waals surface area contributed by atoms with Crippen molar-refractivity contribution in [3.63, 3.8) is 0 Å². The van der Waals surface area contributed by atoms with Crippen molar-refractivity contribution in [1.82, 2.24) is 4.98 Å². The van der Waals surface area contributed by atoms with Crippen molar-refractivity contribution in [1.29, 1.82) is 0 Å². The molecule has 5 nitrogen and oxygen atoms in total. The SMILES string of the molecule is CC1(c2cnc(CO)o2)OCCO1. The van der Waals surface area contributed by atoms with Crippen LogP contribution in [0.3, 0.4) is 0 Å². The average molecular weight is 185 g/mol. The monoisotopic (exact) mass is 185 g/mol. The van der Waals surface area contributed by atoms with E-state index >= 15 is 0 Å². The Kier molecular flexibility index (Phi) is 2.07. The first kappa shape index (κ1) is 8.68. The van der Waals surface area contributed by atoms with Gasteiger partial charge in [-0.3, -0.25) is 0 Å². The summed E-state index contributed by atoms with van der Waals surface area (Å²) in [6.07, 6.45) is 1.51. The molecule has 0 spiro atoms. The van der Waals surface area contributed by atoms with E-state index in [0.717, 1.165) is 0 Å². The highest BCUT2D eigenvalue weighted by Gasteiger charge is 2.36. The van der Waals surface area contributed by atoms with Gasteiger partial charge in [0.2, 0.25) is 11.7 Å². The summed E-state index contributed by atoms with van der Waals surface area (Å²) in [5.41, 5.74) is 0. The second-order valence-electron chi connectivity index (χ2n) is 2.92. The lowest BCUT2D eigenvalue weighted by atomic mass is 10.3. The van der Waals surface area contributed by atoms with Crippen LogP contribution < -0.4 is 0 Å². The van der Waals surface area contributed by atoms with Crippen LogP contribution in [0.5, 0.6) is 0 Å². The van der Waals surface area contributed by atoms with Crippen molar-refractivity contribution in [2.24, 2.45) is 0 Å². The number of aliphatic hydroxyl groups is 1. The molecule has 1 aromatic rings. The Bertz CT molecular complexity index is 290. The van der Waals surface area contributed by atoms with Gasteiger partial charge in [0.1, 0.15) is 6.61 Å². The van der Waals surface area contributed by atoms with E-state index in [2.05, 4.69) is 4.98 Å². The van der Waals surface area contributed by atoms with Crippen molar-refractivity contribution in [3.8, 4) is 0 Å². The van der Waals surface area contributed by atoms with E-state index in [4.69, 9.17) is 19.0 Å². The van der Waals surface area contributed by atoms with Gasteiger partial charge in [-0.1, -0.05) is 0 Å². The minimum absolute atomic E-state index is 0.212. The summed E-state index contributed by atoms with van der Waals surface area (Å²) < 4.78 is 15.9. The van der Waals surface area contributed by atoms with Crippen LogP contribution in [0.4, 0.5) is 0 Å². The van der Waals surface area contributed by atoms with Gasteiger partial charge in [0.25, 0.3) is 0 Å². The number of nitrogens with zero attached hydrogens (tertiary/aromatic N) is 1. The highest BCUT2D eigenvalue weighted by atomic mass is 16.7. The first-order valence-electron chi connectivity index (χ1n) is 4.08. The fourth-order valence-electron chi connectivity index (χ4n) is 1.25. The van der Waals surface area contributed by atoms with Crippen LogP contribution in [0.15, 0.2) is 10.6 Å². The number of rotatable bonds is 2. The Morgan fingerprint density at radius 2 is 2.23 bits per heavy atom. The van der Waals surface area contributed by atoms with Crippen molar-refractivity contribution in [2.45, 2.75) is 19.3 Å². The Balaban J connectivity index is 2.23. The summed E-state index contributed by atoms with van der Waals surface area (Å²) in [5.74, 6) is -0.0650. The lowest BCUT2D eigenvalue weighted by Gasteiger charge is -2.18. The van der Waals surface area contributed by atoms with E-state index < -0.39 is 5.79 Å². The largest absolute Gasteiger partial charge is 0.437 e. The zero-order valence-corrected chi connectivity index (χ0v) is 7.32. The van der Waals surface area contributed by atoms with Crippen LogP contribution in [0.1, 0.15) is 18.6 Å². The summed E-state index contributed by atoms with van der Waals surface area (Å²) in [7, 11) is 0. The van der Waals surface area contributed by atoms with Gasteiger partial charge in [-0.2, -0.15) is 0 Å². The van der Waals surface area contributed by atoms with Gasteiger partial charge in [-0.05, 0) is 6.92 Å². The summed E-state index contributed by atoms with van der Waals surface area (Å²) in [6.45, 7) is 2.65. The summed E-state index contributed by atoms with van der Waals surface area (Å²) in [6, 6.07) is 0. The van der Waals surface area contributed by atoms with Crippen LogP contribution in [-0.4, -0.2) is 23.3 Å². The van der Waals surface area contributed by atoms with Crippen LogP contribution in [0.25, 0.3) is 0 Å². The Morgan fingerprint density at radius 1 is 1.54 bits per heavy atom. The van der Waals surface area contributed by atoms with E-state index in [1.54, 1.807) is 6.92 Å². The molecule has 0 amide bonds. The topological polar surface area (TPSA) is 64.7 Å². The molecular formula is C8H11NO4. The molecule has 5 heteroatoms. The predicted octanol–water partition coefficient (Wildman–Crippen LogP) is 0.386. The molecule has 0 atom stereocenters. The lowest BCUT2D eigenvalue weighted by molar-refractivity contribution is -0.163. The first-order chi connectivity index (χ1) is 6.24. The molecule has 1 aliphatic rings. The maximum absolute atomic E-state index is 8.74. The lowest BCUT2D eigenvalue weighted by Crippen LogP contribution is -2.21. The fraction of sp³-hybridized carbons (Fsp3) is 0.625. The highest BCUT2D eigenvalue weighted by molar-refractivity contribution is 5.02. The second kappa shape index (κ2) is 3.10. The van der Waals surface area contributed by atoms with E-state index in [0.29, 0.717) is 19.0 Å². The molecule has 13 heavy (non-hydrogen) atoms.